The van der Waals surface area contributed by atoms with Gasteiger partial charge in [-0.3, -0.25) is 39.8 Å². The molecule has 15 heteroatoms. The van der Waals surface area contributed by atoms with Crippen LogP contribution >= 0.6 is 12.2 Å². The largest absolute Gasteiger partial charge is 0.463 e. The molecule has 0 saturated carbocycles. The molecule has 36 heavy (non-hydrogen) atoms. The fourth-order valence-corrected chi connectivity index (χ4v) is 3.37. The molecular formula is C21H26N4O10S. The maximum absolute atomic E-state index is 12.2. The molecule has 1 amide bonds. The molecule has 1 aromatic rings. The van der Waals surface area contributed by atoms with Crippen molar-refractivity contribution in [3.8, 4) is 0 Å². The van der Waals surface area contributed by atoms with Gasteiger partial charge in [0.25, 0.3) is 5.91 Å². The third kappa shape index (κ3) is 8.74. The predicted molar refractivity (Wildman–Crippen MR) is 123 cm³/mol. The van der Waals surface area contributed by atoms with E-state index in [0.717, 1.165) is 27.7 Å². The molecule has 0 aromatic carbocycles. The summed E-state index contributed by atoms with van der Waals surface area (Å²) in [6.07, 6.45) is -3.60. The van der Waals surface area contributed by atoms with E-state index in [1.807, 2.05) is 0 Å². The van der Waals surface area contributed by atoms with Crippen LogP contribution in [0.2, 0.25) is 0 Å². The lowest BCUT2D eigenvalue weighted by molar-refractivity contribution is -0.254. The summed E-state index contributed by atoms with van der Waals surface area (Å²) in [7, 11) is 0. The number of nitrogens with zero attached hydrogens (tertiary/aromatic N) is 1. The Bertz CT molecular complexity index is 992. The van der Waals surface area contributed by atoms with Crippen LogP contribution in [0.15, 0.2) is 24.5 Å². The van der Waals surface area contributed by atoms with Crippen LogP contribution in [0.25, 0.3) is 0 Å². The van der Waals surface area contributed by atoms with Gasteiger partial charge in [-0.2, -0.15) is 0 Å². The first kappa shape index (κ1) is 28.4. The molecular weight excluding hydrogens is 500 g/mol. The standard InChI is InChI=1S/C21H26N4O10S/c1-10(26)31-9-15-16(32-11(2)27)17(33-12(3)28)18(34-13(4)29)20(35-15)23-21(36)25-24-19(30)14-5-7-22-8-6-14/h5-8,15-18,20H,9H2,1-4H3,(H,24,30)(H2,23,25,36)/t15?,16-,17?,18?,20-/m1/s1. The minimum absolute atomic E-state index is 0.168. The number of hydrogen-bond donors (Lipinski definition) is 3. The molecule has 196 valence electrons. The highest BCUT2D eigenvalue weighted by Crippen LogP contribution is 2.28. The zero-order valence-electron chi connectivity index (χ0n) is 19.8. The zero-order chi connectivity index (χ0) is 26.8. The van der Waals surface area contributed by atoms with E-state index < -0.39 is 67.0 Å². The van der Waals surface area contributed by atoms with Gasteiger partial charge in [-0.25, -0.2) is 0 Å². The minimum atomic E-state index is -1.36. The number of amides is 1. The Hall–Kier alpha value is -3.85. The van der Waals surface area contributed by atoms with Crippen molar-refractivity contribution in [2.45, 2.75) is 58.3 Å². The number of nitrogens with one attached hydrogen (secondary N) is 3. The quantitative estimate of drug-likeness (QED) is 0.175. The normalized spacial score (nSPS) is 22.8. The first-order chi connectivity index (χ1) is 17.0. The summed E-state index contributed by atoms with van der Waals surface area (Å²) in [5.41, 5.74) is 5.13. The Kier molecular flexibility index (Phi) is 10.5. The summed E-state index contributed by atoms with van der Waals surface area (Å²) >= 11 is 5.19. The van der Waals surface area contributed by atoms with E-state index in [2.05, 4.69) is 21.2 Å². The molecule has 1 aliphatic rings. The zero-order valence-corrected chi connectivity index (χ0v) is 20.7. The molecule has 0 aliphatic carbocycles. The summed E-state index contributed by atoms with van der Waals surface area (Å²) in [5.74, 6) is -3.46. The average molecular weight is 527 g/mol. The van der Waals surface area contributed by atoms with Crippen LogP contribution in [0.1, 0.15) is 38.1 Å². The topological polar surface area (TPSA) is 180 Å². The number of carbonyl (C=O) groups is 5. The van der Waals surface area contributed by atoms with E-state index in [1.54, 1.807) is 0 Å². The van der Waals surface area contributed by atoms with Gasteiger partial charge in [0.2, 0.25) is 0 Å². The number of esters is 4. The molecule has 2 heterocycles. The van der Waals surface area contributed by atoms with Crippen molar-refractivity contribution < 1.29 is 47.7 Å². The Morgan fingerprint density at radius 1 is 0.861 bits per heavy atom. The Labute approximate surface area is 211 Å². The molecule has 2 rings (SSSR count). The van der Waals surface area contributed by atoms with Gasteiger partial charge in [0.15, 0.2) is 29.7 Å². The van der Waals surface area contributed by atoms with Crippen molar-refractivity contribution in [1.29, 1.82) is 0 Å². The molecule has 3 unspecified atom stereocenters. The van der Waals surface area contributed by atoms with Crippen LogP contribution < -0.4 is 16.2 Å². The molecule has 1 saturated heterocycles. The molecule has 1 aliphatic heterocycles. The smallest absolute Gasteiger partial charge is 0.303 e. The van der Waals surface area contributed by atoms with Crippen molar-refractivity contribution in [1.82, 2.24) is 21.2 Å². The van der Waals surface area contributed by atoms with Gasteiger partial charge >= 0.3 is 23.9 Å². The molecule has 0 bridgehead atoms. The number of hydrogen-bond acceptors (Lipinski definition) is 12. The molecule has 5 atom stereocenters. The van der Waals surface area contributed by atoms with Crippen LogP contribution in [0.3, 0.4) is 0 Å². The molecule has 1 aromatic heterocycles. The van der Waals surface area contributed by atoms with Crippen LogP contribution in [-0.2, 0) is 42.9 Å². The summed E-state index contributed by atoms with van der Waals surface area (Å²) in [5, 5.41) is 2.53. The monoisotopic (exact) mass is 526 g/mol. The Morgan fingerprint density at radius 2 is 1.42 bits per heavy atom. The number of hydrazine groups is 1. The van der Waals surface area contributed by atoms with Gasteiger partial charge < -0.3 is 29.0 Å². The fourth-order valence-electron chi connectivity index (χ4n) is 3.20. The van der Waals surface area contributed by atoms with E-state index in [4.69, 9.17) is 35.9 Å². The van der Waals surface area contributed by atoms with E-state index in [1.165, 1.54) is 24.5 Å². The highest BCUT2D eigenvalue weighted by Gasteiger charge is 2.52. The molecule has 0 spiro atoms. The lowest BCUT2D eigenvalue weighted by atomic mass is 9.97. The number of carbonyl (C=O) groups excluding carboxylic acids is 5. The van der Waals surface area contributed by atoms with Crippen molar-refractivity contribution in [3.63, 3.8) is 0 Å². The van der Waals surface area contributed by atoms with Crippen LogP contribution in [0, 0.1) is 0 Å². The SMILES string of the molecule is CC(=O)OCC1O[C@@H](NC(=S)NNC(=O)c2ccncc2)C(OC(C)=O)C(OC(C)=O)[C@@H]1OC(C)=O. The van der Waals surface area contributed by atoms with E-state index in [-0.39, 0.29) is 5.11 Å². The van der Waals surface area contributed by atoms with Crippen molar-refractivity contribution in [2.24, 2.45) is 0 Å². The van der Waals surface area contributed by atoms with Crippen molar-refractivity contribution in [3.05, 3.63) is 30.1 Å². The van der Waals surface area contributed by atoms with Crippen LogP contribution in [0.4, 0.5) is 0 Å². The number of rotatable bonds is 7. The molecule has 3 N–H and O–H groups in total. The van der Waals surface area contributed by atoms with Crippen LogP contribution in [-0.4, -0.2) is 77.1 Å². The van der Waals surface area contributed by atoms with Gasteiger partial charge in [-0.15, -0.1) is 0 Å². The lowest BCUT2D eigenvalue weighted by Crippen LogP contribution is -2.67. The summed E-state index contributed by atoms with van der Waals surface area (Å²) < 4.78 is 26.8. The van der Waals surface area contributed by atoms with Gasteiger partial charge in [0.1, 0.15) is 12.7 Å². The van der Waals surface area contributed by atoms with E-state index in [0.29, 0.717) is 5.56 Å². The maximum Gasteiger partial charge on any atom is 0.303 e. The van der Waals surface area contributed by atoms with Gasteiger partial charge in [0, 0.05) is 45.7 Å². The molecule has 1 fully saturated rings. The molecule has 14 nitrogen and oxygen atoms in total. The third-order valence-corrected chi connectivity index (χ3v) is 4.72. The van der Waals surface area contributed by atoms with Crippen LogP contribution in [0.5, 0.6) is 0 Å². The van der Waals surface area contributed by atoms with E-state index >= 15 is 0 Å². The predicted octanol–water partition coefficient (Wildman–Crippen LogP) is -0.726. The summed E-state index contributed by atoms with van der Waals surface area (Å²) in [4.78, 5) is 62.9. The first-order valence-electron chi connectivity index (χ1n) is 10.5. The van der Waals surface area contributed by atoms with Crippen molar-refractivity contribution >= 4 is 47.1 Å². The average Bonchev–Trinajstić information content (AvgIpc) is 2.79. The van der Waals surface area contributed by atoms with Crippen molar-refractivity contribution in [2.75, 3.05) is 6.61 Å². The number of thiocarbonyl (C=S) groups is 1. The van der Waals surface area contributed by atoms with Gasteiger partial charge in [-0.05, 0) is 24.4 Å². The minimum Gasteiger partial charge on any atom is -0.463 e. The second-order valence-corrected chi connectivity index (χ2v) is 7.82. The molecule has 0 radical (unpaired) electrons. The van der Waals surface area contributed by atoms with Gasteiger partial charge in [0.05, 0.1) is 0 Å². The Balaban J connectivity index is 2.26. The lowest BCUT2D eigenvalue weighted by Gasteiger charge is -2.44. The summed E-state index contributed by atoms with van der Waals surface area (Å²) in [6.45, 7) is 4.10. The third-order valence-electron chi connectivity index (χ3n) is 4.50. The first-order valence-corrected chi connectivity index (χ1v) is 11.0. The number of pyridine rings is 1. The maximum atomic E-state index is 12.2. The number of ether oxygens (including phenoxy) is 5. The van der Waals surface area contributed by atoms with Gasteiger partial charge in [-0.1, -0.05) is 0 Å². The number of aromatic nitrogens is 1. The highest BCUT2D eigenvalue weighted by atomic mass is 32.1. The summed E-state index contributed by atoms with van der Waals surface area (Å²) in [6, 6.07) is 2.96. The highest BCUT2D eigenvalue weighted by molar-refractivity contribution is 7.80. The second-order valence-electron chi connectivity index (χ2n) is 7.41. The Morgan fingerprint density at radius 3 is 1.97 bits per heavy atom. The van der Waals surface area contributed by atoms with E-state index in [9.17, 15) is 24.0 Å². The second kappa shape index (κ2) is 13.3. The fraction of sp³-hybridized carbons (Fsp3) is 0.476.